The smallest absolute Gasteiger partial charge is 0.317 e. The Morgan fingerprint density at radius 1 is 1.42 bits per heavy atom. The van der Waals surface area contributed by atoms with Gasteiger partial charge in [0.25, 0.3) is 0 Å². The Balaban J connectivity index is 2.54. The third-order valence-electron chi connectivity index (χ3n) is 2.81. The molecule has 2 N–H and O–H groups in total. The highest BCUT2D eigenvalue weighted by molar-refractivity contribution is 5.75. The van der Waals surface area contributed by atoms with Gasteiger partial charge >= 0.3 is 12.0 Å². The average molecular weight is 265 g/mol. The van der Waals surface area contributed by atoms with Crippen LogP contribution < -0.4 is 5.32 Å². The highest BCUT2D eigenvalue weighted by Crippen LogP contribution is 2.10. The molecule has 0 spiro atoms. The van der Waals surface area contributed by atoms with Gasteiger partial charge in [0, 0.05) is 25.5 Å². The van der Waals surface area contributed by atoms with Crippen molar-refractivity contribution in [2.24, 2.45) is 0 Å². The first-order valence-corrected chi connectivity index (χ1v) is 6.21. The number of carboxylic acid groups (broad SMARTS) is 1. The SMILES string of the molecule is CCN(CCC(=O)O)C(=O)NC(C)c1ccncc1. The molecule has 0 aliphatic rings. The summed E-state index contributed by atoms with van der Waals surface area (Å²) in [6, 6.07) is 3.26. The van der Waals surface area contributed by atoms with E-state index in [0.717, 1.165) is 5.56 Å². The van der Waals surface area contributed by atoms with E-state index in [4.69, 9.17) is 5.11 Å². The fraction of sp³-hybridized carbons (Fsp3) is 0.462. The summed E-state index contributed by atoms with van der Waals surface area (Å²) < 4.78 is 0. The van der Waals surface area contributed by atoms with Gasteiger partial charge in [0.2, 0.25) is 0 Å². The lowest BCUT2D eigenvalue weighted by Crippen LogP contribution is -2.41. The van der Waals surface area contributed by atoms with E-state index in [9.17, 15) is 9.59 Å². The molecule has 1 unspecified atom stereocenters. The van der Waals surface area contributed by atoms with Crippen LogP contribution in [0, 0.1) is 0 Å². The van der Waals surface area contributed by atoms with Crippen molar-refractivity contribution in [2.75, 3.05) is 13.1 Å². The first kappa shape index (κ1) is 14.9. The minimum absolute atomic E-state index is 0.0507. The molecule has 0 bridgehead atoms. The minimum atomic E-state index is -0.909. The molecule has 0 radical (unpaired) electrons. The normalized spacial score (nSPS) is 11.7. The first-order chi connectivity index (χ1) is 9.04. The van der Waals surface area contributed by atoms with Crippen LogP contribution in [0.5, 0.6) is 0 Å². The fourth-order valence-corrected chi connectivity index (χ4v) is 1.65. The van der Waals surface area contributed by atoms with Crippen LogP contribution in [0.2, 0.25) is 0 Å². The van der Waals surface area contributed by atoms with E-state index in [-0.39, 0.29) is 25.0 Å². The molecule has 0 saturated carbocycles. The molecule has 1 atom stereocenters. The number of nitrogens with one attached hydrogen (secondary N) is 1. The van der Waals surface area contributed by atoms with Crippen LogP contribution in [0.1, 0.15) is 31.9 Å². The number of carbonyl (C=O) groups is 2. The van der Waals surface area contributed by atoms with Crippen molar-refractivity contribution in [1.29, 1.82) is 0 Å². The van der Waals surface area contributed by atoms with Gasteiger partial charge < -0.3 is 15.3 Å². The van der Waals surface area contributed by atoms with E-state index in [2.05, 4.69) is 10.3 Å². The second kappa shape index (κ2) is 7.35. The lowest BCUT2D eigenvalue weighted by molar-refractivity contribution is -0.137. The molecule has 1 aromatic rings. The summed E-state index contributed by atoms with van der Waals surface area (Å²) in [7, 11) is 0. The maximum absolute atomic E-state index is 12.0. The summed E-state index contributed by atoms with van der Waals surface area (Å²) in [6.45, 7) is 4.37. The number of aromatic nitrogens is 1. The van der Waals surface area contributed by atoms with Crippen LogP contribution in [0.15, 0.2) is 24.5 Å². The molecule has 0 aromatic carbocycles. The summed E-state index contributed by atoms with van der Waals surface area (Å²) in [6.07, 6.45) is 3.28. The number of urea groups is 1. The van der Waals surface area contributed by atoms with Crippen LogP contribution >= 0.6 is 0 Å². The monoisotopic (exact) mass is 265 g/mol. The van der Waals surface area contributed by atoms with E-state index in [1.54, 1.807) is 12.4 Å². The number of rotatable bonds is 6. The molecular weight excluding hydrogens is 246 g/mol. The molecule has 0 aliphatic carbocycles. The van der Waals surface area contributed by atoms with E-state index < -0.39 is 5.97 Å². The third kappa shape index (κ3) is 4.95. The standard InChI is InChI=1S/C13H19N3O3/c1-3-16(9-6-12(17)18)13(19)15-10(2)11-4-7-14-8-5-11/h4-5,7-8,10H,3,6,9H2,1-2H3,(H,15,19)(H,17,18). The molecule has 2 amide bonds. The van der Waals surface area contributed by atoms with Gasteiger partial charge in [-0.3, -0.25) is 9.78 Å². The van der Waals surface area contributed by atoms with Gasteiger partial charge in [0.15, 0.2) is 0 Å². The lowest BCUT2D eigenvalue weighted by Gasteiger charge is -2.23. The van der Waals surface area contributed by atoms with Crippen LogP contribution in [0.4, 0.5) is 4.79 Å². The number of carbonyl (C=O) groups excluding carboxylic acids is 1. The third-order valence-corrected chi connectivity index (χ3v) is 2.81. The van der Waals surface area contributed by atoms with E-state index in [1.807, 2.05) is 26.0 Å². The molecular formula is C13H19N3O3. The van der Waals surface area contributed by atoms with Gasteiger partial charge in [-0.05, 0) is 31.5 Å². The number of aliphatic carboxylic acids is 1. The second-order valence-electron chi connectivity index (χ2n) is 4.18. The maximum atomic E-state index is 12.0. The number of amides is 2. The molecule has 1 aromatic heterocycles. The average Bonchev–Trinajstić information content (AvgIpc) is 2.40. The molecule has 6 nitrogen and oxygen atoms in total. The van der Waals surface area contributed by atoms with Crippen molar-refractivity contribution in [3.63, 3.8) is 0 Å². The van der Waals surface area contributed by atoms with Crippen molar-refractivity contribution in [3.05, 3.63) is 30.1 Å². The zero-order chi connectivity index (χ0) is 14.3. The summed E-state index contributed by atoms with van der Waals surface area (Å²) in [4.78, 5) is 27.9. The minimum Gasteiger partial charge on any atom is -0.481 e. The Hall–Kier alpha value is -2.11. The van der Waals surface area contributed by atoms with Crippen LogP contribution in [0.25, 0.3) is 0 Å². The summed E-state index contributed by atoms with van der Waals surface area (Å²) in [5.74, 6) is -0.909. The van der Waals surface area contributed by atoms with Crippen molar-refractivity contribution in [2.45, 2.75) is 26.3 Å². The van der Waals surface area contributed by atoms with Crippen molar-refractivity contribution in [3.8, 4) is 0 Å². The maximum Gasteiger partial charge on any atom is 0.317 e. The van der Waals surface area contributed by atoms with Gasteiger partial charge in [-0.2, -0.15) is 0 Å². The Morgan fingerprint density at radius 3 is 2.58 bits per heavy atom. The predicted octanol–water partition coefficient (Wildman–Crippen LogP) is 1.65. The summed E-state index contributed by atoms with van der Waals surface area (Å²) >= 11 is 0. The topological polar surface area (TPSA) is 82.5 Å². The molecule has 104 valence electrons. The van der Waals surface area contributed by atoms with Gasteiger partial charge in [0.1, 0.15) is 0 Å². The van der Waals surface area contributed by atoms with E-state index >= 15 is 0 Å². The zero-order valence-corrected chi connectivity index (χ0v) is 11.2. The number of hydrogen-bond acceptors (Lipinski definition) is 3. The van der Waals surface area contributed by atoms with E-state index in [1.165, 1.54) is 4.90 Å². The highest BCUT2D eigenvalue weighted by Gasteiger charge is 2.15. The number of pyridine rings is 1. The fourth-order valence-electron chi connectivity index (χ4n) is 1.65. The predicted molar refractivity (Wildman–Crippen MR) is 70.7 cm³/mol. The zero-order valence-electron chi connectivity index (χ0n) is 11.2. The van der Waals surface area contributed by atoms with Gasteiger partial charge in [-0.25, -0.2) is 4.79 Å². The molecule has 1 rings (SSSR count). The highest BCUT2D eigenvalue weighted by atomic mass is 16.4. The van der Waals surface area contributed by atoms with Crippen molar-refractivity contribution < 1.29 is 14.7 Å². The first-order valence-electron chi connectivity index (χ1n) is 6.21. The number of carboxylic acids is 1. The van der Waals surface area contributed by atoms with E-state index in [0.29, 0.717) is 6.54 Å². The Morgan fingerprint density at radius 2 is 2.05 bits per heavy atom. The largest absolute Gasteiger partial charge is 0.481 e. The molecule has 0 saturated heterocycles. The van der Waals surface area contributed by atoms with Gasteiger partial charge in [-0.1, -0.05) is 0 Å². The quantitative estimate of drug-likeness (QED) is 0.819. The van der Waals surface area contributed by atoms with Crippen molar-refractivity contribution in [1.82, 2.24) is 15.2 Å². The molecule has 0 fully saturated rings. The van der Waals surface area contributed by atoms with Crippen molar-refractivity contribution >= 4 is 12.0 Å². The second-order valence-corrected chi connectivity index (χ2v) is 4.18. The van der Waals surface area contributed by atoms with Crippen LogP contribution in [0.3, 0.4) is 0 Å². The Labute approximate surface area is 112 Å². The molecule has 6 heteroatoms. The van der Waals surface area contributed by atoms with Gasteiger partial charge in [0.05, 0.1) is 12.5 Å². The van der Waals surface area contributed by atoms with Crippen LogP contribution in [-0.2, 0) is 4.79 Å². The molecule has 1 heterocycles. The lowest BCUT2D eigenvalue weighted by atomic mass is 10.1. The Bertz CT molecular complexity index is 422. The molecule has 0 aliphatic heterocycles. The number of nitrogens with zero attached hydrogens (tertiary/aromatic N) is 2. The van der Waals surface area contributed by atoms with Gasteiger partial charge in [-0.15, -0.1) is 0 Å². The Kier molecular flexibility index (Phi) is 5.78. The van der Waals surface area contributed by atoms with Crippen LogP contribution in [-0.4, -0.2) is 40.1 Å². The number of hydrogen-bond donors (Lipinski definition) is 2. The summed E-state index contributed by atoms with van der Waals surface area (Å²) in [5, 5.41) is 11.5. The summed E-state index contributed by atoms with van der Waals surface area (Å²) in [5.41, 5.74) is 0.956. The molecule has 19 heavy (non-hydrogen) atoms.